The predicted octanol–water partition coefficient (Wildman–Crippen LogP) is 5.10. The first-order valence-electron chi connectivity index (χ1n) is 14.7. The summed E-state index contributed by atoms with van der Waals surface area (Å²) in [5.41, 5.74) is 0.942. The molecule has 3 aromatic rings. The number of fused-ring (bicyclic) bond motifs is 1. The second-order valence-electron chi connectivity index (χ2n) is 11.5. The summed E-state index contributed by atoms with van der Waals surface area (Å²) in [7, 11) is 2.08. The van der Waals surface area contributed by atoms with Crippen LogP contribution in [0.2, 0.25) is 0 Å². The van der Waals surface area contributed by atoms with E-state index >= 15 is 0 Å². The summed E-state index contributed by atoms with van der Waals surface area (Å²) in [6, 6.07) is 4.10. The van der Waals surface area contributed by atoms with Gasteiger partial charge < -0.3 is 20.4 Å². The molecular formula is C29H38F2N8O. The van der Waals surface area contributed by atoms with Crippen molar-refractivity contribution in [2.75, 3.05) is 43.9 Å². The lowest BCUT2D eigenvalue weighted by Crippen LogP contribution is -2.49. The Morgan fingerprint density at radius 2 is 1.62 bits per heavy atom. The van der Waals surface area contributed by atoms with Crippen molar-refractivity contribution in [1.82, 2.24) is 29.3 Å². The lowest BCUT2D eigenvalue weighted by Gasteiger charge is -2.37. The lowest BCUT2D eigenvalue weighted by atomic mass is 9.85. The summed E-state index contributed by atoms with van der Waals surface area (Å²) in [4.78, 5) is 31.5. The van der Waals surface area contributed by atoms with E-state index in [9.17, 15) is 13.6 Å². The molecule has 1 aliphatic heterocycles. The Morgan fingerprint density at radius 3 is 2.33 bits per heavy atom. The van der Waals surface area contributed by atoms with Crippen LogP contribution in [0.1, 0.15) is 63.8 Å². The van der Waals surface area contributed by atoms with Crippen LogP contribution in [0.5, 0.6) is 0 Å². The van der Waals surface area contributed by atoms with Gasteiger partial charge >= 0.3 is 0 Å². The van der Waals surface area contributed by atoms with E-state index in [1.54, 1.807) is 6.20 Å². The number of likely N-dealkylation sites (N-methyl/N-ethyl adjacent to an activating group) is 1. The molecule has 11 heteroatoms. The second kappa shape index (κ2) is 11.6. The van der Waals surface area contributed by atoms with Gasteiger partial charge in [-0.25, -0.2) is 18.7 Å². The number of para-hydroxylation sites is 1. The zero-order valence-corrected chi connectivity index (χ0v) is 23.1. The fourth-order valence-corrected chi connectivity index (χ4v) is 6.42. The average molecular weight is 553 g/mol. The Balaban J connectivity index is 1.27. The van der Waals surface area contributed by atoms with Gasteiger partial charge in [0.2, 0.25) is 17.8 Å². The summed E-state index contributed by atoms with van der Waals surface area (Å²) in [6.45, 7) is 3.36. The molecule has 2 aliphatic carbocycles. The number of carbonyl (C=O) groups excluding carboxylic acids is 1. The second-order valence-corrected chi connectivity index (χ2v) is 11.5. The molecule has 2 saturated carbocycles. The molecule has 0 atom stereocenters. The van der Waals surface area contributed by atoms with Gasteiger partial charge in [-0.3, -0.25) is 9.36 Å². The van der Waals surface area contributed by atoms with Crippen LogP contribution in [0.15, 0.2) is 24.4 Å². The number of nitrogens with zero attached hydrogens (tertiary/aromatic N) is 6. The molecule has 3 heterocycles. The van der Waals surface area contributed by atoms with Gasteiger partial charge in [0.1, 0.15) is 22.8 Å². The minimum Gasteiger partial charge on any atom is -0.351 e. The number of carbonyl (C=O) groups is 1. The quantitative estimate of drug-likeness (QED) is 0.440. The summed E-state index contributed by atoms with van der Waals surface area (Å²) in [5, 5.41) is 6.40. The van der Waals surface area contributed by atoms with Crippen molar-refractivity contribution in [3.05, 3.63) is 36.0 Å². The van der Waals surface area contributed by atoms with E-state index in [4.69, 9.17) is 4.98 Å². The number of nitrogens with one attached hydrogen (secondary N) is 2. The first-order chi connectivity index (χ1) is 19.5. The molecule has 214 valence electrons. The third-order valence-corrected chi connectivity index (χ3v) is 8.80. The van der Waals surface area contributed by atoms with Crippen molar-refractivity contribution in [1.29, 1.82) is 0 Å². The molecule has 1 saturated heterocycles. The maximum atomic E-state index is 14.6. The maximum Gasteiger partial charge on any atom is 0.225 e. The standard InChI is InChI=1S/C29H38F2N8O/c1-37-14-16-38(17-15-37)27(40)19-10-12-21(13-11-19)39-26-24(18-32-28(36-26)33-20-6-3-2-4-7-20)34-29(39)35-25-22(30)8-5-9-23(25)31/h5,8-9,18-21H,2-4,6-7,10-17H2,1H3,(H,34,35)(H,32,33,36). The molecular weight excluding hydrogens is 514 g/mol. The zero-order valence-electron chi connectivity index (χ0n) is 23.1. The van der Waals surface area contributed by atoms with E-state index in [1.807, 2.05) is 9.47 Å². The van der Waals surface area contributed by atoms with Crippen LogP contribution in [-0.2, 0) is 4.79 Å². The largest absolute Gasteiger partial charge is 0.351 e. The molecule has 1 aromatic carbocycles. The Morgan fingerprint density at radius 1 is 0.925 bits per heavy atom. The summed E-state index contributed by atoms with van der Waals surface area (Å²) in [5.74, 6) is -0.264. The Bertz CT molecular complexity index is 1320. The third-order valence-electron chi connectivity index (χ3n) is 8.80. The minimum absolute atomic E-state index is 0.00646. The number of rotatable bonds is 6. The average Bonchev–Trinajstić information content (AvgIpc) is 3.33. The van der Waals surface area contributed by atoms with Gasteiger partial charge in [0.15, 0.2) is 5.65 Å². The number of halogens is 2. The van der Waals surface area contributed by atoms with Crippen LogP contribution < -0.4 is 10.6 Å². The fraction of sp³-hybridized carbons (Fsp3) is 0.586. The molecule has 6 rings (SSSR count). The van der Waals surface area contributed by atoms with Crippen LogP contribution in [0, 0.1) is 17.6 Å². The zero-order chi connectivity index (χ0) is 27.6. The molecule has 0 unspecified atom stereocenters. The smallest absolute Gasteiger partial charge is 0.225 e. The summed E-state index contributed by atoms with van der Waals surface area (Å²) >= 11 is 0. The number of piperazine rings is 1. The minimum atomic E-state index is -0.689. The Hall–Kier alpha value is -3.34. The maximum absolute atomic E-state index is 14.6. The molecule has 3 aliphatic rings. The predicted molar refractivity (Wildman–Crippen MR) is 151 cm³/mol. The number of hydrogen-bond acceptors (Lipinski definition) is 7. The highest BCUT2D eigenvalue weighted by molar-refractivity contribution is 5.79. The molecule has 3 fully saturated rings. The van der Waals surface area contributed by atoms with Crippen LogP contribution in [0.3, 0.4) is 0 Å². The van der Waals surface area contributed by atoms with E-state index in [-0.39, 0.29) is 23.6 Å². The number of aromatic nitrogens is 4. The van der Waals surface area contributed by atoms with Crippen molar-refractivity contribution in [2.45, 2.75) is 69.9 Å². The number of benzene rings is 1. The Kier molecular flexibility index (Phi) is 7.82. The van der Waals surface area contributed by atoms with Gasteiger partial charge in [0.25, 0.3) is 0 Å². The molecule has 1 amide bonds. The normalized spacial score (nSPS) is 22.9. The number of imidazole rings is 1. The van der Waals surface area contributed by atoms with E-state index in [0.29, 0.717) is 29.1 Å². The van der Waals surface area contributed by atoms with E-state index in [1.165, 1.54) is 37.5 Å². The summed E-state index contributed by atoms with van der Waals surface area (Å²) < 4.78 is 31.2. The van der Waals surface area contributed by atoms with Crippen LogP contribution in [-0.4, -0.2) is 74.5 Å². The van der Waals surface area contributed by atoms with Crippen molar-refractivity contribution in [3.8, 4) is 0 Å². The van der Waals surface area contributed by atoms with Crippen LogP contribution in [0.25, 0.3) is 11.2 Å². The third kappa shape index (κ3) is 5.61. The first kappa shape index (κ1) is 26.9. The molecule has 2 N–H and O–H groups in total. The van der Waals surface area contributed by atoms with Gasteiger partial charge in [-0.05, 0) is 57.7 Å². The molecule has 0 radical (unpaired) electrons. The van der Waals surface area contributed by atoms with Crippen molar-refractivity contribution < 1.29 is 13.6 Å². The number of amides is 1. The summed E-state index contributed by atoms with van der Waals surface area (Å²) in [6.07, 6.45) is 10.5. The van der Waals surface area contributed by atoms with Gasteiger partial charge in [-0.15, -0.1) is 0 Å². The molecule has 0 spiro atoms. The number of anilines is 3. The molecule has 9 nitrogen and oxygen atoms in total. The highest BCUT2D eigenvalue weighted by atomic mass is 19.1. The molecule has 40 heavy (non-hydrogen) atoms. The number of hydrogen-bond donors (Lipinski definition) is 2. The van der Waals surface area contributed by atoms with Gasteiger partial charge in [0.05, 0.1) is 6.20 Å². The SMILES string of the molecule is CN1CCN(C(=O)C2CCC(n3c(Nc4c(F)cccc4F)nc4cnc(NC5CCCCC5)nc43)CC2)CC1. The van der Waals surface area contributed by atoms with E-state index < -0.39 is 11.6 Å². The highest BCUT2D eigenvalue weighted by Crippen LogP contribution is 2.38. The van der Waals surface area contributed by atoms with Gasteiger partial charge in [-0.2, -0.15) is 4.98 Å². The monoisotopic (exact) mass is 552 g/mol. The van der Waals surface area contributed by atoms with Crippen molar-refractivity contribution in [2.24, 2.45) is 5.92 Å². The molecule has 2 aromatic heterocycles. The fourth-order valence-electron chi connectivity index (χ4n) is 6.42. The van der Waals surface area contributed by atoms with Crippen LogP contribution >= 0.6 is 0 Å². The Labute approximate surface area is 233 Å². The molecule has 0 bridgehead atoms. The van der Waals surface area contributed by atoms with Crippen molar-refractivity contribution >= 4 is 34.7 Å². The van der Waals surface area contributed by atoms with E-state index in [0.717, 1.165) is 64.7 Å². The van der Waals surface area contributed by atoms with Gasteiger partial charge in [0, 0.05) is 44.2 Å². The van der Waals surface area contributed by atoms with Crippen LogP contribution in [0.4, 0.5) is 26.4 Å². The van der Waals surface area contributed by atoms with E-state index in [2.05, 4.69) is 32.5 Å². The topological polar surface area (TPSA) is 91.2 Å². The lowest BCUT2D eigenvalue weighted by molar-refractivity contribution is -0.138. The first-order valence-corrected chi connectivity index (χ1v) is 14.7. The van der Waals surface area contributed by atoms with Crippen molar-refractivity contribution in [3.63, 3.8) is 0 Å². The van der Waals surface area contributed by atoms with Gasteiger partial charge in [-0.1, -0.05) is 25.3 Å². The highest BCUT2D eigenvalue weighted by Gasteiger charge is 2.33.